The zero-order chi connectivity index (χ0) is 15.7. The Hall–Kier alpha value is -1.60. The van der Waals surface area contributed by atoms with E-state index in [1.54, 1.807) is 14.2 Å². The molecule has 3 N–H and O–H groups in total. The van der Waals surface area contributed by atoms with Crippen LogP contribution in [0.5, 0.6) is 5.88 Å². The summed E-state index contributed by atoms with van der Waals surface area (Å²) in [6.45, 7) is 6.39. The van der Waals surface area contributed by atoms with E-state index in [0.29, 0.717) is 55.5 Å². The van der Waals surface area contributed by atoms with Crippen molar-refractivity contribution in [2.24, 2.45) is 5.92 Å². The van der Waals surface area contributed by atoms with Crippen LogP contribution in [0.1, 0.15) is 26.1 Å². The minimum atomic E-state index is 0.311. The Morgan fingerprint density at radius 2 is 1.95 bits per heavy atom. The molecular formula is C14H26N4O3. The van der Waals surface area contributed by atoms with Crippen LogP contribution in [0.15, 0.2) is 0 Å². The van der Waals surface area contributed by atoms with Crippen LogP contribution in [0.4, 0.5) is 11.5 Å². The smallest absolute Gasteiger partial charge is 0.242 e. The molecule has 0 aromatic carbocycles. The number of anilines is 2. The highest BCUT2D eigenvalue weighted by molar-refractivity contribution is 5.66. The van der Waals surface area contributed by atoms with Crippen LogP contribution in [0.3, 0.4) is 0 Å². The lowest BCUT2D eigenvalue weighted by Crippen LogP contribution is -2.14. The van der Waals surface area contributed by atoms with Crippen LogP contribution in [0.2, 0.25) is 0 Å². The molecule has 0 atom stereocenters. The molecule has 0 aliphatic rings. The standard InChI is InChI=1S/C14H26N4O3/c1-10(2)8-21-14-12(15)13(16-6-5-7-19-3)17-11(18-14)9-20-4/h10H,5-9,15H2,1-4H3,(H,16,17,18). The quantitative estimate of drug-likeness (QED) is 0.635. The van der Waals surface area contributed by atoms with E-state index in [1.807, 2.05) is 0 Å². The van der Waals surface area contributed by atoms with Gasteiger partial charge in [0.05, 0.1) is 6.61 Å². The van der Waals surface area contributed by atoms with Gasteiger partial charge in [-0.1, -0.05) is 13.8 Å². The summed E-state index contributed by atoms with van der Waals surface area (Å²) in [6.07, 6.45) is 0.863. The lowest BCUT2D eigenvalue weighted by atomic mass is 10.2. The second-order valence-electron chi connectivity index (χ2n) is 5.12. The molecule has 7 heteroatoms. The summed E-state index contributed by atoms with van der Waals surface area (Å²) in [5.74, 6) is 1.91. The van der Waals surface area contributed by atoms with E-state index in [0.717, 1.165) is 6.42 Å². The molecule has 120 valence electrons. The summed E-state index contributed by atoms with van der Waals surface area (Å²) in [5, 5.41) is 3.18. The fourth-order valence-electron chi connectivity index (χ4n) is 1.60. The first-order valence-electron chi connectivity index (χ1n) is 7.09. The molecule has 0 aliphatic heterocycles. The molecule has 7 nitrogen and oxygen atoms in total. The molecule has 1 aromatic heterocycles. The van der Waals surface area contributed by atoms with Gasteiger partial charge in [-0.05, 0) is 12.3 Å². The van der Waals surface area contributed by atoms with Crippen molar-refractivity contribution in [3.8, 4) is 5.88 Å². The maximum absolute atomic E-state index is 6.06. The molecule has 0 spiro atoms. The second-order valence-corrected chi connectivity index (χ2v) is 5.12. The van der Waals surface area contributed by atoms with Gasteiger partial charge in [0.25, 0.3) is 0 Å². The summed E-state index contributed by atoms with van der Waals surface area (Å²) in [5.41, 5.74) is 6.49. The van der Waals surface area contributed by atoms with Gasteiger partial charge < -0.3 is 25.3 Å². The molecule has 0 saturated heterocycles. The highest BCUT2D eigenvalue weighted by Crippen LogP contribution is 2.26. The highest BCUT2D eigenvalue weighted by Gasteiger charge is 2.13. The van der Waals surface area contributed by atoms with Crippen molar-refractivity contribution in [1.82, 2.24) is 9.97 Å². The summed E-state index contributed by atoms with van der Waals surface area (Å²) in [7, 11) is 3.27. The molecule has 1 heterocycles. The van der Waals surface area contributed by atoms with Crippen molar-refractivity contribution in [2.75, 3.05) is 45.0 Å². The van der Waals surface area contributed by atoms with Gasteiger partial charge in [0.15, 0.2) is 11.6 Å². The number of hydrogen-bond donors (Lipinski definition) is 2. The third kappa shape index (κ3) is 6.14. The van der Waals surface area contributed by atoms with Gasteiger partial charge in [-0.25, -0.2) is 4.98 Å². The van der Waals surface area contributed by atoms with Gasteiger partial charge in [-0.2, -0.15) is 4.98 Å². The molecule has 0 amide bonds. The number of rotatable bonds is 10. The maximum Gasteiger partial charge on any atom is 0.242 e. The Bertz CT molecular complexity index is 427. The van der Waals surface area contributed by atoms with Crippen LogP contribution in [0, 0.1) is 5.92 Å². The Morgan fingerprint density at radius 3 is 2.57 bits per heavy atom. The lowest BCUT2D eigenvalue weighted by Gasteiger charge is -2.15. The number of ether oxygens (including phenoxy) is 3. The summed E-state index contributed by atoms with van der Waals surface area (Å²) in [4.78, 5) is 8.65. The zero-order valence-electron chi connectivity index (χ0n) is 13.3. The minimum absolute atomic E-state index is 0.311. The van der Waals surface area contributed by atoms with E-state index in [2.05, 4.69) is 29.1 Å². The maximum atomic E-state index is 6.06. The fraction of sp³-hybridized carbons (Fsp3) is 0.714. The van der Waals surface area contributed by atoms with Crippen LogP contribution in [0.25, 0.3) is 0 Å². The molecule has 0 radical (unpaired) electrons. The topological polar surface area (TPSA) is 91.5 Å². The predicted octanol–water partition coefficient (Wildman–Crippen LogP) is 1.69. The Balaban J connectivity index is 2.82. The van der Waals surface area contributed by atoms with Crippen molar-refractivity contribution in [2.45, 2.75) is 26.9 Å². The van der Waals surface area contributed by atoms with Crippen LogP contribution in [-0.4, -0.2) is 43.9 Å². The minimum Gasteiger partial charge on any atom is -0.476 e. The third-order valence-electron chi connectivity index (χ3n) is 2.60. The Kier molecular flexibility index (Phi) is 7.78. The van der Waals surface area contributed by atoms with Crippen LogP contribution >= 0.6 is 0 Å². The average Bonchev–Trinajstić information content (AvgIpc) is 2.45. The molecule has 21 heavy (non-hydrogen) atoms. The Labute approximate surface area is 126 Å². The molecule has 1 rings (SSSR count). The number of nitrogens with zero attached hydrogens (tertiary/aromatic N) is 2. The number of nitrogen functional groups attached to an aromatic ring is 1. The van der Waals surface area contributed by atoms with Crippen molar-refractivity contribution < 1.29 is 14.2 Å². The summed E-state index contributed by atoms with van der Waals surface area (Å²) in [6, 6.07) is 0. The molecule has 0 fully saturated rings. The first kappa shape index (κ1) is 17.5. The highest BCUT2D eigenvalue weighted by atomic mass is 16.5. The summed E-state index contributed by atoms with van der Waals surface area (Å²) >= 11 is 0. The average molecular weight is 298 g/mol. The van der Waals surface area contributed by atoms with Crippen molar-refractivity contribution in [1.29, 1.82) is 0 Å². The van der Waals surface area contributed by atoms with Crippen molar-refractivity contribution in [3.63, 3.8) is 0 Å². The van der Waals surface area contributed by atoms with E-state index >= 15 is 0 Å². The zero-order valence-corrected chi connectivity index (χ0v) is 13.3. The van der Waals surface area contributed by atoms with E-state index < -0.39 is 0 Å². The fourth-order valence-corrected chi connectivity index (χ4v) is 1.60. The normalized spacial score (nSPS) is 10.9. The van der Waals surface area contributed by atoms with Gasteiger partial charge in [0.1, 0.15) is 12.3 Å². The van der Waals surface area contributed by atoms with Gasteiger partial charge in [0, 0.05) is 27.4 Å². The van der Waals surface area contributed by atoms with Gasteiger partial charge >= 0.3 is 0 Å². The van der Waals surface area contributed by atoms with Crippen molar-refractivity contribution in [3.05, 3.63) is 5.82 Å². The number of nitrogens with one attached hydrogen (secondary N) is 1. The van der Waals surface area contributed by atoms with E-state index in [-0.39, 0.29) is 0 Å². The van der Waals surface area contributed by atoms with Gasteiger partial charge in [-0.3, -0.25) is 0 Å². The molecule has 0 saturated carbocycles. The predicted molar refractivity (Wildman–Crippen MR) is 82.5 cm³/mol. The number of nitrogens with two attached hydrogens (primary N) is 1. The Morgan fingerprint density at radius 1 is 1.19 bits per heavy atom. The van der Waals surface area contributed by atoms with Crippen molar-refractivity contribution >= 4 is 11.5 Å². The van der Waals surface area contributed by atoms with Crippen LogP contribution < -0.4 is 15.8 Å². The summed E-state index contributed by atoms with van der Waals surface area (Å²) < 4.78 is 15.7. The monoisotopic (exact) mass is 298 g/mol. The first-order valence-corrected chi connectivity index (χ1v) is 7.09. The van der Waals surface area contributed by atoms with Crippen LogP contribution in [-0.2, 0) is 16.1 Å². The molecule has 1 aromatic rings. The largest absolute Gasteiger partial charge is 0.476 e. The number of hydrogen-bond acceptors (Lipinski definition) is 7. The molecule has 0 unspecified atom stereocenters. The van der Waals surface area contributed by atoms with E-state index in [4.69, 9.17) is 19.9 Å². The van der Waals surface area contributed by atoms with Gasteiger partial charge in [-0.15, -0.1) is 0 Å². The molecule has 0 aliphatic carbocycles. The number of methoxy groups -OCH3 is 2. The lowest BCUT2D eigenvalue weighted by molar-refractivity contribution is 0.176. The molecule has 0 bridgehead atoms. The van der Waals surface area contributed by atoms with Gasteiger partial charge in [0.2, 0.25) is 5.88 Å². The SMILES string of the molecule is COCCCNc1nc(COC)nc(OCC(C)C)c1N. The first-order chi connectivity index (χ1) is 10.1. The van der Waals surface area contributed by atoms with E-state index in [9.17, 15) is 0 Å². The van der Waals surface area contributed by atoms with E-state index in [1.165, 1.54) is 0 Å². The number of aromatic nitrogens is 2. The molecular weight excluding hydrogens is 272 g/mol. The second kappa shape index (κ2) is 9.36. The third-order valence-corrected chi connectivity index (χ3v) is 2.60.